The molecule has 118 valence electrons. The standard InChI is InChI=1S/C14H18N4O2S2/c1-3-20-11-6-4-10(5-7-11)8-18(2)12(19)9-21-14-17-16-13(15)22-14/h4-7H,3,8-9H2,1-2H3,(H2,15,16). The van der Waals surface area contributed by atoms with Gasteiger partial charge in [0.15, 0.2) is 4.34 Å². The van der Waals surface area contributed by atoms with Crippen LogP contribution < -0.4 is 10.5 Å². The number of carbonyl (C=O) groups excluding carboxylic acids is 1. The number of ether oxygens (including phenoxy) is 1. The number of rotatable bonds is 7. The van der Waals surface area contributed by atoms with Crippen LogP contribution in [0.25, 0.3) is 0 Å². The van der Waals surface area contributed by atoms with Gasteiger partial charge in [0.2, 0.25) is 11.0 Å². The fourth-order valence-corrected chi connectivity index (χ4v) is 3.31. The number of carbonyl (C=O) groups is 1. The zero-order valence-corrected chi connectivity index (χ0v) is 14.1. The second kappa shape index (κ2) is 8.00. The summed E-state index contributed by atoms with van der Waals surface area (Å²) in [4.78, 5) is 13.8. The first-order valence-corrected chi connectivity index (χ1v) is 8.56. The molecule has 0 aliphatic heterocycles. The number of nitrogens with two attached hydrogens (primary N) is 1. The van der Waals surface area contributed by atoms with Gasteiger partial charge < -0.3 is 15.4 Å². The first-order chi connectivity index (χ1) is 10.6. The minimum Gasteiger partial charge on any atom is -0.494 e. The van der Waals surface area contributed by atoms with Crippen LogP contribution in [0, 0.1) is 0 Å². The Morgan fingerprint density at radius 1 is 1.36 bits per heavy atom. The Morgan fingerprint density at radius 3 is 2.68 bits per heavy atom. The number of aromatic nitrogens is 2. The Hall–Kier alpha value is -1.80. The molecule has 0 aliphatic rings. The maximum Gasteiger partial charge on any atom is 0.233 e. The van der Waals surface area contributed by atoms with E-state index in [9.17, 15) is 4.79 Å². The van der Waals surface area contributed by atoms with Gasteiger partial charge in [-0.1, -0.05) is 35.2 Å². The molecule has 0 unspecified atom stereocenters. The van der Waals surface area contributed by atoms with Gasteiger partial charge in [0.05, 0.1) is 12.4 Å². The van der Waals surface area contributed by atoms with Gasteiger partial charge >= 0.3 is 0 Å². The molecule has 0 fully saturated rings. The summed E-state index contributed by atoms with van der Waals surface area (Å²) in [6.07, 6.45) is 0. The van der Waals surface area contributed by atoms with Crippen molar-refractivity contribution in [3.8, 4) is 5.75 Å². The predicted octanol–water partition coefficient (Wildman–Crippen LogP) is 2.27. The monoisotopic (exact) mass is 338 g/mol. The molecule has 22 heavy (non-hydrogen) atoms. The van der Waals surface area contributed by atoms with Crippen molar-refractivity contribution in [2.75, 3.05) is 25.1 Å². The third-order valence-corrected chi connectivity index (χ3v) is 4.69. The SMILES string of the molecule is CCOc1ccc(CN(C)C(=O)CSc2nnc(N)s2)cc1. The number of hydrogen-bond acceptors (Lipinski definition) is 7. The number of anilines is 1. The van der Waals surface area contributed by atoms with E-state index in [2.05, 4.69) is 10.2 Å². The van der Waals surface area contributed by atoms with Gasteiger partial charge in [0.25, 0.3) is 0 Å². The summed E-state index contributed by atoms with van der Waals surface area (Å²) in [5.74, 6) is 1.19. The molecule has 1 heterocycles. The van der Waals surface area contributed by atoms with E-state index in [0.29, 0.717) is 28.4 Å². The van der Waals surface area contributed by atoms with E-state index in [1.54, 1.807) is 11.9 Å². The van der Waals surface area contributed by atoms with Crippen LogP contribution in [-0.4, -0.2) is 40.4 Å². The molecule has 1 aromatic heterocycles. The maximum atomic E-state index is 12.1. The van der Waals surface area contributed by atoms with E-state index in [4.69, 9.17) is 10.5 Å². The highest BCUT2D eigenvalue weighted by molar-refractivity contribution is 8.01. The van der Waals surface area contributed by atoms with Crippen molar-refractivity contribution in [3.05, 3.63) is 29.8 Å². The number of benzene rings is 1. The van der Waals surface area contributed by atoms with Gasteiger partial charge in [0.1, 0.15) is 5.75 Å². The van der Waals surface area contributed by atoms with E-state index in [-0.39, 0.29) is 5.91 Å². The number of nitrogens with zero attached hydrogens (tertiary/aromatic N) is 3. The van der Waals surface area contributed by atoms with E-state index in [0.717, 1.165) is 11.3 Å². The minimum absolute atomic E-state index is 0.0349. The average Bonchev–Trinajstić information content (AvgIpc) is 2.92. The maximum absolute atomic E-state index is 12.1. The van der Waals surface area contributed by atoms with Crippen LogP contribution in [-0.2, 0) is 11.3 Å². The molecule has 0 radical (unpaired) electrons. The Kier molecular flexibility index (Phi) is 6.02. The van der Waals surface area contributed by atoms with Gasteiger partial charge in [-0.2, -0.15) is 0 Å². The number of thioether (sulfide) groups is 1. The summed E-state index contributed by atoms with van der Waals surface area (Å²) in [5, 5.41) is 8.01. The quantitative estimate of drug-likeness (QED) is 0.780. The summed E-state index contributed by atoms with van der Waals surface area (Å²) in [6.45, 7) is 3.15. The smallest absolute Gasteiger partial charge is 0.233 e. The van der Waals surface area contributed by atoms with E-state index < -0.39 is 0 Å². The van der Waals surface area contributed by atoms with Crippen LogP contribution in [0.15, 0.2) is 28.6 Å². The van der Waals surface area contributed by atoms with Gasteiger partial charge in [0, 0.05) is 13.6 Å². The molecule has 0 saturated heterocycles. The first-order valence-electron chi connectivity index (χ1n) is 6.76. The summed E-state index contributed by atoms with van der Waals surface area (Å²) >= 11 is 2.64. The number of hydrogen-bond donors (Lipinski definition) is 1. The topological polar surface area (TPSA) is 81.3 Å². The molecule has 0 aliphatic carbocycles. The predicted molar refractivity (Wildman–Crippen MR) is 89.1 cm³/mol. The molecule has 2 aromatic rings. The third-order valence-electron chi connectivity index (χ3n) is 2.82. The second-order valence-corrected chi connectivity index (χ2v) is 6.75. The van der Waals surface area contributed by atoms with Crippen LogP contribution >= 0.6 is 23.1 Å². The lowest BCUT2D eigenvalue weighted by atomic mass is 10.2. The molecule has 0 bridgehead atoms. The summed E-state index contributed by atoms with van der Waals surface area (Å²) in [5.41, 5.74) is 6.57. The summed E-state index contributed by atoms with van der Waals surface area (Å²) < 4.78 is 6.11. The van der Waals surface area contributed by atoms with Crippen LogP contribution in [0.5, 0.6) is 5.75 Å². The van der Waals surface area contributed by atoms with Crippen molar-refractivity contribution in [1.29, 1.82) is 0 Å². The fraction of sp³-hybridized carbons (Fsp3) is 0.357. The summed E-state index contributed by atoms with van der Waals surface area (Å²) in [7, 11) is 1.79. The molecule has 1 aromatic carbocycles. The third kappa shape index (κ3) is 4.88. The normalized spacial score (nSPS) is 10.5. The highest BCUT2D eigenvalue weighted by atomic mass is 32.2. The fourth-order valence-electron chi connectivity index (χ4n) is 1.73. The van der Waals surface area contributed by atoms with Crippen molar-refractivity contribution >= 4 is 34.1 Å². The van der Waals surface area contributed by atoms with Crippen molar-refractivity contribution < 1.29 is 9.53 Å². The molecule has 0 saturated carbocycles. The van der Waals surface area contributed by atoms with Gasteiger partial charge in [-0.05, 0) is 24.6 Å². The number of amides is 1. The van der Waals surface area contributed by atoms with Gasteiger partial charge in [-0.3, -0.25) is 4.79 Å². The highest BCUT2D eigenvalue weighted by Gasteiger charge is 2.12. The lowest BCUT2D eigenvalue weighted by molar-refractivity contribution is -0.127. The van der Waals surface area contributed by atoms with E-state index in [1.165, 1.54) is 23.1 Å². The Balaban J connectivity index is 1.82. The van der Waals surface area contributed by atoms with Gasteiger partial charge in [-0.25, -0.2) is 0 Å². The second-order valence-electron chi connectivity index (χ2n) is 4.52. The van der Waals surface area contributed by atoms with Crippen molar-refractivity contribution in [2.24, 2.45) is 0 Å². The van der Waals surface area contributed by atoms with E-state index in [1.807, 2.05) is 31.2 Å². The molecule has 2 N–H and O–H groups in total. The molecule has 0 atom stereocenters. The molecule has 6 nitrogen and oxygen atoms in total. The molecular formula is C14H18N4O2S2. The van der Waals surface area contributed by atoms with Crippen molar-refractivity contribution in [1.82, 2.24) is 15.1 Å². The van der Waals surface area contributed by atoms with Crippen LogP contribution in [0.3, 0.4) is 0 Å². The van der Waals surface area contributed by atoms with Crippen molar-refractivity contribution in [2.45, 2.75) is 17.8 Å². The Bertz CT molecular complexity index is 616. The first kappa shape index (κ1) is 16.6. The van der Waals surface area contributed by atoms with Crippen LogP contribution in [0.2, 0.25) is 0 Å². The largest absolute Gasteiger partial charge is 0.494 e. The van der Waals surface area contributed by atoms with Crippen LogP contribution in [0.4, 0.5) is 5.13 Å². The zero-order valence-electron chi connectivity index (χ0n) is 12.5. The minimum atomic E-state index is 0.0349. The Labute approximate surface area is 137 Å². The van der Waals surface area contributed by atoms with Crippen LogP contribution in [0.1, 0.15) is 12.5 Å². The molecule has 2 rings (SSSR count). The highest BCUT2D eigenvalue weighted by Crippen LogP contribution is 2.23. The lowest BCUT2D eigenvalue weighted by Crippen LogP contribution is -2.27. The molecule has 1 amide bonds. The van der Waals surface area contributed by atoms with Gasteiger partial charge in [-0.15, -0.1) is 10.2 Å². The van der Waals surface area contributed by atoms with E-state index >= 15 is 0 Å². The van der Waals surface area contributed by atoms with Crippen molar-refractivity contribution in [3.63, 3.8) is 0 Å². The average molecular weight is 338 g/mol. The zero-order chi connectivity index (χ0) is 15.9. The summed E-state index contributed by atoms with van der Waals surface area (Å²) in [6, 6.07) is 7.76. The molecule has 8 heteroatoms. The Morgan fingerprint density at radius 2 is 2.09 bits per heavy atom. The molecule has 0 spiro atoms. The number of nitrogen functional groups attached to an aromatic ring is 1. The lowest BCUT2D eigenvalue weighted by Gasteiger charge is -2.17. The molecular weight excluding hydrogens is 320 g/mol.